The summed E-state index contributed by atoms with van der Waals surface area (Å²) in [6.45, 7) is 3.51. The highest BCUT2D eigenvalue weighted by atomic mass is 15.1. The topological polar surface area (TPSA) is 41.1 Å². The lowest BCUT2D eigenvalue weighted by atomic mass is 10.0. The number of anilines is 1. The van der Waals surface area contributed by atoms with Crippen LogP contribution in [0.2, 0.25) is 0 Å². The molecule has 132 valence electrons. The molecule has 2 aromatic carbocycles. The molecule has 0 bridgehead atoms. The molecule has 3 aromatic rings. The van der Waals surface area contributed by atoms with Gasteiger partial charge in [0.2, 0.25) is 0 Å². The maximum absolute atomic E-state index is 4.48. The van der Waals surface area contributed by atoms with Gasteiger partial charge in [0.05, 0.1) is 5.52 Å². The number of aromatic nitrogens is 2. The highest BCUT2D eigenvalue weighted by molar-refractivity contribution is 5.92. The van der Waals surface area contributed by atoms with E-state index in [0.717, 1.165) is 23.3 Å². The van der Waals surface area contributed by atoms with Crippen LogP contribution in [0.5, 0.6) is 0 Å². The molecule has 0 atom stereocenters. The smallest absolute Gasteiger partial charge is 0.137 e. The summed E-state index contributed by atoms with van der Waals surface area (Å²) >= 11 is 0. The zero-order valence-electron chi connectivity index (χ0n) is 15.0. The van der Waals surface area contributed by atoms with Gasteiger partial charge in [0.25, 0.3) is 0 Å². The molecule has 26 heavy (non-hydrogen) atoms. The molecule has 5 rings (SSSR count). The van der Waals surface area contributed by atoms with Crippen molar-refractivity contribution in [1.29, 1.82) is 0 Å². The van der Waals surface area contributed by atoms with Crippen molar-refractivity contribution in [2.75, 3.05) is 18.4 Å². The Morgan fingerprint density at radius 2 is 1.81 bits per heavy atom. The lowest BCUT2D eigenvalue weighted by molar-refractivity contribution is 0.331. The minimum absolute atomic E-state index is 0.584. The second-order valence-corrected chi connectivity index (χ2v) is 7.56. The molecule has 4 nitrogen and oxygen atoms in total. The molecule has 0 amide bonds. The molecule has 1 aliphatic carbocycles. The van der Waals surface area contributed by atoms with Gasteiger partial charge in [-0.3, -0.25) is 4.90 Å². The van der Waals surface area contributed by atoms with Crippen molar-refractivity contribution in [2.24, 2.45) is 0 Å². The van der Waals surface area contributed by atoms with Crippen LogP contribution >= 0.6 is 0 Å². The Balaban J connectivity index is 1.48. The first-order valence-corrected chi connectivity index (χ1v) is 9.68. The van der Waals surface area contributed by atoms with Crippen molar-refractivity contribution in [2.45, 2.75) is 38.3 Å². The minimum Gasteiger partial charge on any atom is -0.367 e. The quantitative estimate of drug-likeness (QED) is 0.741. The monoisotopic (exact) mass is 344 g/mol. The summed E-state index contributed by atoms with van der Waals surface area (Å²) in [5.74, 6) is 0.965. The lowest BCUT2D eigenvalue weighted by Gasteiger charge is -2.15. The average Bonchev–Trinajstić information content (AvgIpc) is 3.35. The summed E-state index contributed by atoms with van der Waals surface area (Å²) in [5, 5.41) is 4.65. The van der Waals surface area contributed by atoms with E-state index in [-0.39, 0.29) is 0 Å². The summed E-state index contributed by atoms with van der Waals surface area (Å²) in [6, 6.07) is 16.0. The highest BCUT2D eigenvalue weighted by Gasteiger charge is 2.22. The van der Waals surface area contributed by atoms with Crippen molar-refractivity contribution in [3.05, 3.63) is 54.4 Å². The van der Waals surface area contributed by atoms with E-state index in [1.807, 2.05) is 0 Å². The van der Waals surface area contributed by atoms with Crippen LogP contribution in [0, 0.1) is 0 Å². The Hall–Kier alpha value is -2.46. The normalized spacial score (nSPS) is 17.7. The molecule has 2 aliphatic rings. The van der Waals surface area contributed by atoms with E-state index in [9.17, 15) is 0 Å². The zero-order valence-corrected chi connectivity index (χ0v) is 15.0. The van der Waals surface area contributed by atoms with Gasteiger partial charge in [-0.05, 0) is 73.7 Å². The number of hydrogen-bond donors (Lipinski definition) is 1. The van der Waals surface area contributed by atoms with Crippen LogP contribution in [0.3, 0.4) is 0 Å². The fourth-order valence-electron chi connectivity index (χ4n) is 3.82. The van der Waals surface area contributed by atoms with E-state index in [1.54, 1.807) is 6.33 Å². The van der Waals surface area contributed by atoms with Crippen LogP contribution in [0.15, 0.2) is 48.8 Å². The molecule has 1 saturated carbocycles. The first-order chi connectivity index (χ1) is 12.8. The van der Waals surface area contributed by atoms with E-state index >= 15 is 0 Å². The van der Waals surface area contributed by atoms with Gasteiger partial charge in [-0.15, -0.1) is 0 Å². The van der Waals surface area contributed by atoms with Crippen LogP contribution in [-0.4, -0.2) is 34.0 Å². The third kappa shape index (κ3) is 3.29. The third-order valence-electron chi connectivity index (χ3n) is 5.42. The van der Waals surface area contributed by atoms with Crippen LogP contribution in [-0.2, 0) is 6.54 Å². The predicted octanol–water partition coefficient (Wildman–Crippen LogP) is 4.47. The van der Waals surface area contributed by atoms with Gasteiger partial charge < -0.3 is 5.32 Å². The summed E-state index contributed by atoms with van der Waals surface area (Å²) in [6.07, 6.45) is 6.80. The van der Waals surface area contributed by atoms with Crippen LogP contribution in [0.4, 0.5) is 5.82 Å². The Labute approximate surface area is 154 Å². The number of benzene rings is 2. The SMILES string of the molecule is c1cc(CN2CCCC2)cc(-c2ccc3ncnc(NC4CC4)c3c2)c1. The van der Waals surface area contributed by atoms with E-state index < -0.39 is 0 Å². The summed E-state index contributed by atoms with van der Waals surface area (Å²) in [7, 11) is 0. The molecule has 1 aromatic heterocycles. The predicted molar refractivity (Wildman–Crippen MR) is 106 cm³/mol. The van der Waals surface area contributed by atoms with E-state index in [0.29, 0.717) is 6.04 Å². The molecule has 4 heteroatoms. The zero-order chi connectivity index (χ0) is 17.3. The second kappa shape index (κ2) is 6.69. The van der Waals surface area contributed by atoms with Gasteiger partial charge in [0.15, 0.2) is 0 Å². The molecular formula is C22H24N4. The maximum Gasteiger partial charge on any atom is 0.137 e. The Kier molecular flexibility index (Phi) is 4.06. The van der Waals surface area contributed by atoms with Gasteiger partial charge in [-0.25, -0.2) is 9.97 Å². The maximum atomic E-state index is 4.48. The highest BCUT2D eigenvalue weighted by Crippen LogP contribution is 2.31. The molecular weight excluding hydrogens is 320 g/mol. The first kappa shape index (κ1) is 15.8. The minimum atomic E-state index is 0.584. The number of nitrogens with one attached hydrogen (secondary N) is 1. The Bertz CT molecular complexity index is 926. The van der Waals surface area contributed by atoms with E-state index in [4.69, 9.17) is 0 Å². The van der Waals surface area contributed by atoms with Crippen molar-refractivity contribution in [3.63, 3.8) is 0 Å². The number of fused-ring (bicyclic) bond motifs is 1. The van der Waals surface area contributed by atoms with Gasteiger partial charge >= 0.3 is 0 Å². The van der Waals surface area contributed by atoms with Crippen LogP contribution < -0.4 is 5.32 Å². The summed E-state index contributed by atoms with van der Waals surface area (Å²) in [5.41, 5.74) is 4.89. The Morgan fingerprint density at radius 3 is 2.65 bits per heavy atom. The van der Waals surface area contributed by atoms with Gasteiger partial charge in [-0.1, -0.05) is 24.3 Å². The molecule has 0 radical (unpaired) electrons. The van der Waals surface area contributed by atoms with Crippen molar-refractivity contribution in [3.8, 4) is 11.1 Å². The fraction of sp³-hybridized carbons (Fsp3) is 0.364. The molecule has 2 heterocycles. The summed E-state index contributed by atoms with van der Waals surface area (Å²) < 4.78 is 0. The van der Waals surface area contributed by atoms with Crippen LogP contribution in [0.1, 0.15) is 31.2 Å². The third-order valence-corrected chi connectivity index (χ3v) is 5.42. The van der Waals surface area contributed by atoms with Crippen LogP contribution in [0.25, 0.3) is 22.0 Å². The molecule has 1 saturated heterocycles. The molecule has 0 spiro atoms. The van der Waals surface area contributed by atoms with Gasteiger partial charge in [-0.2, -0.15) is 0 Å². The Morgan fingerprint density at radius 1 is 0.962 bits per heavy atom. The number of likely N-dealkylation sites (tertiary alicyclic amines) is 1. The molecule has 1 N–H and O–H groups in total. The van der Waals surface area contributed by atoms with Crippen molar-refractivity contribution < 1.29 is 0 Å². The number of hydrogen-bond acceptors (Lipinski definition) is 4. The lowest BCUT2D eigenvalue weighted by Crippen LogP contribution is -2.18. The molecule has 1 aliphatic heterocycles. The fourth-order valence-corrected chi connectivity index (χ4v) is 3.82. The van der Waals surface area contributed by atoms with Gasteiger partial charge in [0.1, 0.15) is 12.1 Å². The molecule has 0 unspecified atom stereocenters. The average molecular weight is 344 g/mol. The van der Waals surface area contributed by atoms with E-state index in [2.05, 4.69) is 62.6 Å². The second-order valence-electron chi connectivity index (χ2n) is 7.56. The van der Waals surface area contributed by atoms with E-state index in [1.165, 1.54) is 55.5 Å². The first-order valence-electron chi connectivity index (χ1n) is 9.68. The van der Waals surface area contributed by atoms with Crippen molar-refractivity contribution in [1.82, 2.24) is 14.9 Å². The number of rotatable bonds is 5. The standard InChI is InChI=1S/C22H24N4/c1-2-11-26(10-1)14-16-4-3-5-17(12-16)18-6-9-21-20(13-18)22(24-15-23-21)25-19-7-8-19/h3-6,9,12-13,15,19H,1-2,7-8,10-11,14H2,(H,23,24,25). The molecule has 2 fully saturated rings. The van der Waals surface area contributed by atoms with Crippen molar-refractivity contribution >= 4 is 16.7 Å². The largest absolute Gasteiger partial charge is 0.367 e. The van der Waals surface area contributed by atoms with Gasteiger partial charge in [0, 0.05) is 18.0 Å². The summed E-state index contributed by atoms with van der Waals surface area (Å²) in [4.78, 5) is 11.5. The number of nitrogens with zero attached hydrogens (tertiary/aromatic N) is 3.